The van der Waals surface area contributed by atoms with Crippen molar-refractivity contribution < 1.29 is 30.9 Å². The van der Waals surface area contributed by atoms with Gasteiger partial charge in [-0.25, -0.2) is 4.57 Å². The second-order valence-electron chi connectivity index (χ2n) is 7.48. The molecule has 0 fully saturated rings. The molecule has 0 aliphatic rings. The Hall–Kier alpha value is -4.02. The molecule has 0 spiro atoms. The molecular weight excluding hydrogens is 607 g/mol. The van der Waals surface area contributed by atoms with Crippen molar-refractivity contribution in [2.75, 3.05) is 0 Å². The van der Waals surface area contributed by atoms with E-state index in [1.807, 2.05) is 72.8 Å². The monoisotopic (exact) mass is 624 g/mol. The first-order valence-electron chi connectivity index (χ1n) is 10.4. The zero-order valence-corrected chi connectivity index (χ0v) is 20.0. The molecule has 0 saturated carbocycles. The molecule has 3 aromatic heterocycles. The number of fused-ring (bicyclic) bond motifs is 2. The number of para-hydroxylation sites is 2. The van der Waals surface area contributed by atoms with E-state index in [4.69, 9.17) is 4.74 Å². The molecule has 1 N–H and O–H groups in total. The molecule has 0 bridgehead atoms. The number of benzene rings is 3. The summed E-state index contributed by atoms with van der Waals surface area (Å²) < 4.78 is 7.62. The van der Waals surface area contributed by atoms with E-state index in [0.717, 1.165) is 27.5 Å². The normalized spacial score (nSPS) is 10.8. The first-order valence-corrected chi connectivity index (χ1v) is 10.4. The van der Waals surface area contributed by atoms with E-state index in [-0.39, 0.29) is 27.1 Å². The van der Waals surface area contributed by atoms with Gasteiger partial charge >= 0.3 is 6.01 Å². The molecule has 0 aliphatic carbocycles. The zero-order valence-electron chi connectivity index (χ0n) is 17.7. The van der Waals surface area contributed by atoms with Gasteiger partial charge in [-0.05, 0) is 40.7 Å². The summed E-state index contributed by atoms with van der Waals surface area (Å²) in [4.78, 5) is 13.3. The van der Waals surface area contributed by atoms with Crippen LogP contribution < -0.4 is 4.74 Å². The zero-order chi connectivity index (χ0) is 22.2. The standard InChI is InChI=1S/C27H17N4O2.Pt/c32-27-29-22-11-3-4-12-23(22)31(27)24-13-6-14-25(30-24)33-20-9-5-8-19(17-20)26-21-10-2-1-7-18(21)15-16-28-26;/h1-16H,(H,29,32);/q-1;. The Kier molecular flexibility index (Phi) is 5.82. The number of aromatic hydroxyl groups is 1. The summed E-state index contributed by atoms with van der Waals surface area (Å²) in [6.45, 7) is 0. The maximum atomic E-state index is 10.4. The second kappa shape index (κ2) is 9.08. The molecule has 0 saturated heterocycles. The van der Waals surface area contributed by atoms with Crippen LogP contribution >= 0.6 is 0 Å². The Labute approximate surface area is 209 Å². The maximum absolute atomic E-state index is 10.4. The van der Waals surface area contributed by atoms with Gasteiger partial charge in [-0.3, -0.25) is 0 Å². The minimum Gasteiger partial charge on any atom is -0.480 e. The Morgan fingerprint density at radius 2 is 1.62 bits per heavy atom. The van der Waals surface area contributed by atoms with Crippen LogP contribution in [0.3, 0.4) is 0 Å². The van der Waals surface area contributed by atoms with Gasteiger partial charge in [0.05, 0.1) is 11.0 Å². The summed E-state index contributed by atoms with van der Waals surface area (Å²) in [7, 11) is 0. The molecule has 3 heterocycles. The summed E-state index contributed by atoms with van der Waals surface area (Å²) in [5.41, 5.74) is 3.12. The molecule has 7 heteroatoms. The molecule has 6 nitrogen and oxygen atoms in total. The SMILES string of the molecule is Oc1nc2ccccc2n1-c1cccc(Oc2[c-]c(-c3nccc4ccccc34)ccc2)n1.[Pt]. The third kappa shape index (κ3) is 3.93. The Bertz CT molecular complexity index is 1630. The van der Waals surface area contributed by atoms with E-state index in [1.54, 1.807) is 22.9 Å². The van der Waals surface area contributed by atoms with E-state index < -0.39 is 0 Å². The van der Waals surface area contributed by atoms with Crippen LogP contribution in [0.15, 0.2) is 97.2 Å². The molecule has 6 aromatic rings. The number of hydrogen-bond donors (Lipinski definition) is 1. The number of nitrogens with zero attached hydrogens (tertiary/aromatic N) is 4. The molecular formula is C27H17N4O2Pt-. The summed E-state index contributed by atoms with van der Waals surface area (Å²) in [6, 6.07) is 31.8. The molecule has 0 radical (unpaired) electrons. The minimum absolute atomic E-state index is 0. The fourth-order valence-electron chi connectivity index (χ4n) is 3.92. The summed E-state index contributed by atoms with van der Waals surface area (Å²) in [6.07, 6.45) is 1.80. The maximum Gasteiger partial charge on any atom is 0.300 e. The Morgan fingerprint density at radius 3 is 2.56 bits per heavy atom. The summed E-state index contributed by atoms with van der Waals surface area (Å²) >= 11 is 0. The van der Waals surface area contributed by atoms with Gasteiger partial charge in [-0.2, -0.15) is 9.97 Å². The van der Waals surface area contributed by atoms with Crippen LogP contribution in [-0.4, -0.2) is 24.6 Å². The summed E-state index contributed by atoms with van der Waals surface area (Å²) in [5.74, 6) is 1.40. The molecule has 168 valence electrons. The number of rotatable bonds is 4. The molecule has 6 rings (SSSR count). The fraction of sp³-hybridized carbons (Fsp3) is 0. The number of imidazole rings is 1. The van der Waals surface area contributed by atoms with Gasteiger partial charge in [0.2, 0.25) is 5.88 Å². The van der Waals surface area contributed by atoms with Gasteiger partial charge in [0.25, 0.3) is 0 Å². The smallest absolute Gasteiger partial charge is 0.300 e. The van der Waals surface area contributed by atoms with Crippen molar-refractivity contribution in [2.24, 2.45) is 0 Å². The third-order valence-corrected chi connectivity index (χ3v) is 5.39. The minimum atomic E-state index is -0.128. The van der Waals surface area contributed by atoms with Crippen LogP contribution in [0.4, 0.5) is 0 Å². The van der Waals surface area contributed by atoms with Crippen molar-refractivity contribution in [1.82, 2.24) is 19.5 Å². The van der Waals surface area contributed by atoms with E-state index in [9.17, 15) is 5.11 Å². The fourth-order valence-corrected chi connectivity index (χ4v) is 3.92. The van der Waals surface area contributed by atoms with E-state index in [2.05, 4.69) is 27.1 Å². The van der Waals surface area contributed by atoms with Gasteiger partial charge in [0.15, 0.2) is 0 Å². The van der Waals surface area contributed by atoms with E-state index >= 15 is 0 Å². The predicted octanol–water partition coefficient (Wildman–Crippen LogP) is 5.93. The van der Waals surface area contributed by atoms with Crippen molar-refractivity contribution in [3.8, 4) is 34.7 Å². The first kappa shape index (κ1) is 21.8. The summed E-state index contributed by atoms with van der Waals surface area (Å²) in [5, 5.41) is 12.5. The van der Waals surface area contributed by atoms with Crippen molar-refractivity contribution in [3.05, 3.63) is 103 Å². The first-order chi connectivity index (χ1) is 16.3. The number of hydrogen-bond acceptors (Lipinski definition) is 5. The van der Waals surface area contributed by atoms with Gasteiger partial charge in [-0.15, -0.1) is 23.8 Å². The Morgan fingerprint density at radius 1 is 0.794 bits per heavy atom. The van der Waals surface area contributed by atoms with Gasteiger partial charge in [0, 0.05) is 39.1 Å². The molecule has 0 amide bonds. The topological polar surface area (TPSA) is 73.1 Å². The molecule has 3 aromatic carbocycles. The van der Waals surface area contributed by atoms with Crippen LogP contribution in [0.5, 0.6) is 17.6 Å². The van der Waals surface area contributed by atoms with E-state index in [1.165, 1.54) is 0 Å². The van der Waals surface area contributed by atoms with Crippen LogP contribution in [0.25, 0.3) is 38.9 Å². The Balaban J connectivity index is 0.00000241. The quantitative estimate of drug-likeness (QED) is 0.246. The third-order valence-electron chi connectivity index (χ3n) is 5.39. The molecule has 0 aliphatic heterocycles. The molecule has 0 unspecified atom stereocenters. The average molecular weight is 625 g/mol. The van der Waals surface area contributed by atoms with Crippen LogP contribution in [0.2, 0.25) is 0 Å². The van der Waals surface area contributed by atoms with Crippen LogP contribution in [-0.2, 0) is 21.1 Å². The van der Waals surface area contributed by atoms with Crippen molar-refractivity contribution in [2.45, 2.75) is 0 Å². The number of ether oxygens (including phenoxy) is 1. The van der Waals surface area contributed by atoms with Crippen molar-refractivity contribution in [1.29, 1.82) is 0 Å². The van der Waals surface area contributed by atoms with Gasteiger partial charge in [0.1, 0.15) is 5.82 Å². The van der Waals surface area contributed by atoms with Crippen molar-refractivity contribution in [3.63, 3.8) is 0 Å². The largest absolute Gasteiger partial charge is 0.480 e. The molecule has 0 atom stereocenters. The van der Waals surface area contributed by atoms with E-state index in [0.29, 0.717) is 23.0 Å². The second-order valence-corrected chi connectivity index (χ2v) is 7.48. The van der Waals surface area contributed by atoms with Gasteiger partial charge in [-0.1, -0.05) is 48.5 Å². The number of aromatic nitrogens is 4. The predicted molar refractivity (Wildman–Crippen MR) is 127 cm³/mol. The average Bonchev–Trinajstić information content (AvgIpc) is 3.19. The number of pyridine rings is 2. The van der Waals surface area contributed by atoms with Gasteiger partial charge < -0.3 is 14.8 Å². The molecule has 34 heavy (non-hydrogen) atoms. The van der Waals surface area contributed by atoms with Crippen molar-refractivity contribution >= 4 is 21.8 Å². The van der Waals surface area contributed by atoms with Crippen LogP contribution in [0, 0.1) is 6.07 Å². The van der Waals surface area contributed by atoms with Crippen LogP contribution in [0.1, 0.15) is 0 Å².